The molecule has 0 aliphatic heterocycles. The van der Waals surface area contributed by atoms with Crippen LogP contribution in [0.4, 0.5) is 0 Å². The van der Waals surface area contributed by atoms with E-state index in [1.165, 1.54) is 0 Å². The maximum Gasteiger partial charge on any atom is 0.0923 e. The molecule has 0 saturated heterocycles. The quantitative estimate of drug-likeness (QED) is 0.848. The van der Waals surface area contributed by atoms with Gasteiger partial charge in [-0.15, -0.1) is 0 Å². The van der Waals surface area contributed by atoms with Crippen LogP contribution in [-0.4, -0.2) is 15.1 Å². The van der Waals surface area contributed by atoms with E-state index in [1.54, 1.807) is 6.33 Å². The summed E-state index contributed by atoms with van der Waals surface area (Å²) in [6, 6.07) is 6.11. The van der Waals surface area contributed by atoms with Crippen molar-refractivity contribution in [3.05, 3.63) is 53.1 Å². The van der Waals surface area contributed by atoms with Gasteiger partial charge in [0.1, 0.15) is 0 Å². The lowest BCUT2D eigenvalue weighted by Crippen LogP contribution is -2.04. The zero-order valence-electron chi connectivity index (χ0n) is 10.3. The predicted octanol–water partition coefficient (Wildman–Crippen LogP) is 2.69. The van der Waals surface area contributed by atoms with Gasteiger partial charge < -0.3 is 10.1 Å². The molecule has 0 bridgehead atoms. The Kier molecular flexibility index (Phi) is 3.59. The topological polar surface area (TPSA) is 48.9 Å². The van der Waals surface area contributed by atoms with Crippen molar-refractivity contribution in [3.8, 4) is 0 Å². The first kappa shape index (κ1) is 11.9. The number of H-pyrrole nitrogens is 1. The van der Waals surface area contributed by atoms with Gasteiger partial charge in [-0.25, -0.2) is 4.98 Å². The third kappa shape index (κ3) is 2.74. The third-order valence-electron chi connectivity index (χ3n) is 3.10. The highest BCUT2D eigenvalue weighted by Gasteiger charge is 2.13. The summed E-state index contributed by atoms with van der Waals surface area (Å²) in [5, 5.41) is 10.2. The highest BCUT2D eigenvalue weighted by molar-refractivity contribution is 5.35. The molecule has 0 fully saturated rings. The maximum absolute atomic E-state index is 10.2. The summed E-state index contributed by atoms with van der Waals surface area (Å²) in [7, 11) is 0. The Bertz CT molecular complexity index is 457. The molecule has 90 valence electrons. The van der Waals surface area contributed by atoms with Crippen molar-refractivity contribution in [3.63, 3.8) is 0 Å². The first-order chi connectivity index (χ1) is 8.18. The Morgan fingerprint density at radius 3 is 2.59 bits per heavy atom. The van der Waals surface area contributed by atoms with Gasteiger partial charge >= 0.3 is 0 Å². The molecule has 0 amide bonds. The molecule has 2 N–H and O–H groups in total. The number of aromatic nitrogens is 2. The Balaban J connectivity index is 2.07. The molecule has 1 unspecified atom stereocenters. The zero-order valence-corrected chi connectivity index (χ0v) is 10.3. The van der Waals surface area contributed by atoms with E-state index in [4.69, 9.17) is 0 Å². The van der Waals surface area contributed by atoms with E-state index in [0.29, 0.717) is 6.42 Å². The highest BCUT2D eigenvalue weighted by atomic mass is 16.3. The minimum atomic E-state index is -0.409. The molecule has 2 rings (SSSR count). The fourth-order valence-corrected chi connectivity index (χ4v) is 2.21. The lowest BCUT2D eigenvalue weighted by atomic mass is 9.95. The molecule has 17 heavy (non-hydrogen) atoms. The molecule has 1 aromatic carbocycles. The number of aromatic amines is 1. The van der Waals surface area contributed by atoms with Crippen molar-refractivity contribution in [1.82, 2.24) is 9.97 Å². The van der Waals surface area contributed by atoms with Crippen molar-refractivity contribution in [2.75, 3.05) is 0 Å². The normalized spacial score (nSPS) is 12.6. The van der Waals surface area contributed by atoms with Crippen LogP contribution in [0.3, 0.4) is 0 Å². The number of nitrogens with zero attached hydrogens (tertiary/aromatic N) is 1. The number of imidazole rings is 1. The SMILES string of the molecule is Cc1cccc(C)c1C(O)CCc1c[nH]cn1. The molecular formula is C14H18N2O. The van der Waals surface area contributed by atoms with Crippen molar-refractivity contribution in [1.29, 1.82) is 0 Å². The van der Waals surface area contributed by atoms with Crippen molar-refractivity contribution < 1.29 is 5.11 Å². The molecule has 0 aliphatic rings. The lowest BCUT2D eigenvalue weighted by molar-refractivity contribution is 0.166. The summed E-state index contributed by atoms with van der Waals surface area (Å²) < 4.78 is 0. The van der Waals surface area contributed by atoms with Gasteiger partial charge in [0.15, 0.2) is 0 Å². The Hall–Kier alpha value is -1.61. The second-order valence-electron chi connectivity index (χ2n) is 4.42. The fourth-order valence-electron chi connectivity index (χ4n) is 2.21. The molecule has 1 aromatic heterocycles. The van der Waals surface area contributed by atoms with Gasteiger partial charge in [-0.1, -0.05) is 18.2 Å². The van der Waals surface area contributed by atoms with Crippen LogP contribution in [0.2, 0.25) is 0 Å². The number of hydrogen-bond acceptors (Lipinski definition) is 2. The van der Waals surface area contributed by atoms with Crippen molar-refractivity contribution in [2.24, 2.45) is 0 Å². The molecule has 3 heteroatoms. The molecule has 2 aromatic rings. The summed E-state index contributed by atoms with van der Waals surface area (Å²) in [5.74, 6) is 0. The van der Waals surface area contributed by atoms with Crippen LogP contribution >= 0.6 is 0 Å². The van der Waals surface area contributed by atoms with E-state index in [1.807, 2.05) is 38.2 Å². The number of nitrogens with one attached hydrogen (secondary N) is 1. The summed E-state index contributed by atoms with van der Waals surface area (Å²) in [4.78, 5) is 7.08. The van der Waals surface area contributed by atoms with Crippen molar-refractivity contribution in [2.45, 2.75) is 32.8 Å². The minimum Gasteiger partial charge on any atom is -0.388 e. The van der Waals surface area contributed by atoms with Gasteiger partial charge in [0.25, 0.3) is 0 Å². The van der Waals surface area contributed by atoms with Crippen molar-refractivity contribution >= 4 is 0 Å². The van der Waals surface area contributed by atoms with E-state index in [2.05, 4.69) is 9.97 Å². The average molecular weight is 230 g/mol. The number of benzene rings is 1. The van der Waals surface area contributed by atoms with Crippen LogP contribution in [0.15, 0.2) is 30.7 Å². The van der Waals surface area contributed by atoms with Gasteiger partial charge in [0.2, 0.25) is 0 Å². The molecule has 1 atom stereocenters. The van der Waals surface area contributed by atoms with E-state index in [9.17, 15) is 5.11 Å². The summed E-state index contributed by atoms with van der Waals surface area (Å²) in [6.07, 6.45) is 4.63. The Morgan fingerprint density at radius 1 is 1.29 bits per heavy atom. The minimum absolute atomic E-state index is 0.409. The summed E-state index contributed by atoms with van der Waals surface area (Å²) in [5.41, 5.74) is 4.36. The smallest absolute Gasteiger partial charge is 0.0923 e. The van der Waals surface area contributed by atoms with E-state index in [-0.39, 0.29) is 0 Å². The number of rotatable bonds is 4. The molecule has 0 aliphatic carbocycles. The van der Waals surface area contributed by atoms with E-state index in [0.717, 1.165) is 28.8 Å². The molecule has 0 spiro atoms. The van der Waals surface area contributed by atoms with Gasteiger partial charge in [0, 0.05) is 6.20 Å². The summed E-state index contributed by atoms with van der Waals surface area (Å²) in [6.45, 7) is 4.08. The second-order valence-corrected chi connectivity index (χ2v) is 4.42. The molecular weight excluding hydrogens is 212 g/mol. The van der Waals surface area contributed by atoms with Crippen LogP contribution in [-0.2, 0) is 6.42 Å². The van der Waals surface area contributed by atoms with Crippen LogP contribution in [0.25, 0.3) is 0 Å². The molecule has 1 heterocycles. The summed E-state index contributed by atoms with van der Waals surface area (Å²) >= 11 is 0. The third-order valence-corrected chi connectivity index (χ3v) is 3.10. The van der Waals surface area contributed by atoms with Gasteiger partial charge in [-0.3, -0.25) is 0 Å². The number of aliphatic hydroxyl groups is 1. The molecule has 0 radical (unpaired) electrons. The maximum atomic E-state index is 10.2. The monoisotopic (exact) mass is 230 g/mol. The molecule has 0 saturated carbocycles. The standard InChI is InChI=1S/C14H18N2O/c1-10-4-3-5-11(2)14(10)13(17)7-6-12-8-15-9-16-12/h3-5,8-9,13,17H,6-7H2,1-2H3,(H,15,16). The number of aryl methyl sites for hydroxylation is 3. The zero-order chi connectivity index (χ0) is 12.3. The first-order valence-corrected chi connectivity index (χ1v) is 5.90. The highest BCUT2D eigenvalue weighted by Crippen LogP contribution is 2.25. The van der Waals surface area contributed by atoms with Crippen LogP contribution in [0.5, 0.6) is 0 Å². The lowest BCUT2D eigenvalue weighted by Gasteiger charge is -2.15. The van der Waals surface area contributed by atoms with Gasteiger partial charge in [0.05, 0.1) is 18.1 Å². The Labute approximate surface area is 102 Å². The first-order valence-electron chi connectivity index (χ1n) is 5.90. The van der Waals surface area contributed by atoms with Crippen LogP contribution in [0, 0.1) is 13.8 Å². The predicted molar refractivity (Wildman–Crippen MR) is 67.8 cm³/mol. The van der Waals surface area contributed by atoms with E-state index < -0.39 is 6.10 Å². The Morgan fingerprint density at radius 2 is 2.00 bits per heavy atom. The number of hydrogen-bond donors (Lipinski definition) is 2. The second kappa shape index (κ2) is 5.15. The fraction of sp³-hybridized carbons (Fsp3) is 0.357. The van der Waals surface area contributed by atoms with Crippen LogP contribution in [0.1, 0.15) is 34.9 Å². The van der Waals surface area contributed by atoms with Gasteiger partial charge in [-0.2, -0.15) is 0 Å². The van der Waals surface area contributed by atoms with Crippen LogP contribution < -0.4 is 0 Å². The van der Waals surface area contributed by atoms with E-state index >= 15 is 0 Å². The number of aliphatic hydroxyl groups excluding tert-OH is 1. The largest absolute Gasteiger partial charge is 0.388 e. The average Bonchev–Trinajstić information content (AvgIpc) is 2.79. The van der Waals surface area contributed by atoms with Gasteiger partial charge in [-0.05, 0) is 43.4 Å². The molecule has 3 nitrogen and oxygen atoms in total.